The number of esters is 1. The van der Waals surface area contributed by atoms with E-state index in [1.165, 1.54) is 6.20 Å². The second-order valence-corrected chi connectivity index (χ2v) is 7.93. The predicted molar refractivity (Wildman–Crippen MR) is 116 cm³/mol. The number of ketones is 1. The fourth-order valence-electron chi connectivity index (χ4n) is 3.59. The molecule has 0 bridgehead atoms. The van der Waals surface area contributed by atoms with Crippen LogP contribution in [0.4, 0.5) is 8.78 Å². The molecule has 0 aliphatic carbocycles. The zero-order valence-electron chi connectivity index (χ0n) is 18.5. The Labute approximate surface area is 188 Å². The molecule has 0 amide bonds. The van der Waals surface area contributed by atoms with Crippen molar-refractivity contribution in [3.63, 3.8) is 0 Å². The molecule has 4 rings (SSSR count). The summed E-state index contributed by atoms with van der Waals surface area (Å²) in [5, 5.41) is 4.77. The smallest absolute Gasteiger partial charge is 0.339 e. The van der Waals surface area contributed by atoms with Gasteiger partial charge in [-0.1, -0.05) is 0 Å². The minimum Gasteiger partial charge on any atom is -0.466 e. The third-order valence-corrected chi connectivity index (χ3v) is 5.16. The summed E-state index contributed by atoms with van der Waals surface area (Å²) in [5.41, 5.74) is 1.31. The summed E-state index contributed by atoms with van der Waals surface area (Å²) < 4.78 is 39.7. The maximum Gasteiger partial charge on any atom is 0.339 e. The van der Waals surface area contributed by atoms with Gasteiger partial charge in [-0.2, -0.15) is 5.10 Å². The number of ether oxygens (including phenoxy) is 1. The van der Waals surface area contributed by atoms with E-state index in [-0.39, 0.29) is 11.6 Å². The number of furan rings is 1. The molecule has 4 aromatic rings. The van der Waals surface area contributed by atoms with E-state index in [9.17, 15) is 18.4 Å². The van der Waals surface area contributed by atoms with Crippen LogP contribution >= 0.6 is 0 Å². The van der Waals surface area contributed by atoms with Crippen LogP contribution in [0.3, 0.4) is 0 Å². The number of aryl methyl sites for hydroxylation is 2. The number of pyridine rings is 1. The number of rotatable bonds is 6. The predicted octanol–water partition coefficient (Wildman–Crippen LogP) is 5.21. The maximum absolute atomic E-state index is 13.9. The van der Waals surface area contributed by atoms with Gasteiger partial charge in [-0.3, -0.25) is 4.79 Å². The lowest BCUT2D eigenvalue weighted by Crippen LogP contribution is -2.16. The molecule has 0 saturated heterocycles. The Morgan fingerprint density at radius 3 is 2.55 bits per heavy atom. The Morgan fingerprint density at radius 1 is 1.12 bits per heavy atom. The van der Waals surface area contributed by atoms with E-state index >= 15 is 0 Å². The lowest BCUT2D eigenvalue weighted by Gasteiger charge is -2.10. The lowest BCUT2D eigenvalue weighted by atomic mass is 10.1. The Bertz CT molecular complexity index is 1390. The van der Waals surface area contributed by atoms with Crippen molar-refractivity contribution in [3.05, 3.63) is 70.8 Å². The van der Waals surface area contributed by atoms with E-state index in [0.29, 0.717) is 33.8 Å². The largest absolute Gasteiger partial charge is 0.466 e. The third kappa shape index (κ3) is 4.26. The van der Waals surface area contributed by atoms with Gasteiger partial charge in [0.15, 0.2) is 12.3 Å². The molecule has 3 aromatic heterocycles. The number of nitrogens with zero attached hydrogens (tertiary/aromatic N) is 3. The van der Waals surface area contributed by atoms with Crippen LogP contribution in [-0.4, -0.2) is 33.1 Å². The Kier molecular flexibility index (Phi) is 5.80. The molecule has 0 spiro atoms. The summed E-state index contributed by atoms with van der Waals surface area (Å²) >= 11 is 0. The van der Waals surface area contributed by atoms with Crippen LogP contribution in [-0.2, 0) is 4.74 Å². The first-order valence-corrected chi connectivity index (χ1v) is 10.3. The van der Waals surface area contributed by atoms with E-state index in [1.807, 2.05) is 19.9 Å². The van der Waals surface area contributed by atoms with Crippen LogP contribution in [0.25, 0.3) is 22.3 Å². The van der Waals surface area contributed by atoms with Gasteiger partial charge in [0, 0.05) is 11.6 Å². The standard InChI is InChI=1S/C24H21F2N3O4/c1-12(2)29-23-19(10-27-29)17(9-21(28-23)16-7-13(3)33-14(16)4)24(31)32-11-22(30)18-8-15(25)5-6-20(18)26/h5-10,12H,11H2,1-4H3. The van der Waals surface area contributed by atoms with E-state index in [2.05, 4.69) is 10.1 Å². The maximum atomic E-state index is 13.9. The molecule has 1 aromatic carbocycles. The normalized spacial score (nSPS) is 11.4. The van der Waals surface area contributed by atoms with Crippen molar-refractivity contribution in [2.45, 2.75) is 33.7 Å². The first kappa shape index (κ1) is 22.3. The molecule has 7 nitrogen and oxygen atoms in total. The van der Waals surface area contributed by atoms with Crippen molar-refractivity contribution >= 4 is 22.8 Å². The molecule has 9 heteroatoms. The van der Waals surface area contributed by atoms with Gasteiger partial charge in [0.1, 0.15) is 23.2 Å². The van der Waals surface area contributed by atoms with Crippen molar-refractivity contribution in [1.82, 2.24) is 14.8 Å². The monoisotopic (exact) mass is 453 g/mol. The van der Waals surface area contributed by atoms with Gasteiger partial charge in [-0.05, 0) is 58.0 Å². The zero-order chi connectivity index (χ0) is 23.9. The summed E-state index contributed by atoms with van der Waals surface area (Å²) in [6.45, 7) is 6.70. The van der Waals surface area contributed by atoms with Gasteiger partial charge in [-0.15, -0.1) is 0 Å². The van der Waals surface area contributed by atoms with E-state index in [4.69, 9.17) is 9.15 Å². The number of fused-ring (bicyclic) bond motifs is 1. The van der Waals surface area contributed by atoms with Crippen LogP contribution in [0.5, 0.6) is 0 Å². The van der Waals surface area contributed by atoms with Gasteiger partial charge in [0.25, 0.3) is 0 Å². The van der Waals surface area contributed by atoms with Crippen LogP contribution < -0.4 is 0 Å². The van der Waals surface area contributed by atoms with E-state index < -0.39 is 35.6 Å². The van der Waals surface area contributed by atoms with Crippen LogP contribution in [0.15, 0.2) is 40.9 Å². The van der Waals surface area contributed by atoms with Gasteiger partial charge >= 0.3 is 5.97 Å². The van der Waals surface area contributed by atoms with E-state index in [0.717, 1.165) is 18.2 Å². The number of benzene rings is 1. The fourth-order valence-corrected chi connectivity index (χ4v) is 3.59. The van der Waals surface area contributed by atoms with Crippen molar-refractivity contribution in [3.8, 4) is 11.3 Å². The second-order valence-electron chi connectivity index (χ2n) is 7.93. The highest BCUT2D eigenvalue weighted by Crippen LogP contribution is 2.30. The van der Waals surface area contributed by atoms with Crippen molar-refractivity contribution in [2.24, 2.45) is 0 Å². The Balaban J connectivity index is 1.71. The number of hydrogen-bond acceptors (Lipinski definition) is 6. The Hall–Kier alpha value is -3.88. The summed E-state index contributed by atoms with van der Waals surface area (Å²) in [4.78, 5) is 30.0. The number of hydrogen-bond donors (Lipinski definition) is 0. The topological polar surface area (TPSA) is 87.2 Å². The molecule has 0 N–H and O–H groups in total. The molecule has 0 aliphatic rings. The summed E-state index contributed by atoms with van der Waals surface area (Å²) in [7, 11) is 0. The fraction of sp³-hybridized carbons (Fsp3) is 0.250. The minimum atomic E-state index is -0.893. The van der Waals surface area contributed by atoms with Crippen LogP contribution in [0.2, 0.25) is 0 Å². The molecule has 33 heavy (non-hydrogen) atoms. The summed E-state index contributed by atoms with van der Waals surface area (Å²) in [6.07, 6.45) is 1.50. The number of halogens is 2. The van der Waals surface area contributed by atoms with Gasteiger partial charge < -0.3 is 9.15 Å². The SMILES string of the molecule is Cc1cc(-c2cc(C(=O)OCC(=O)c3cc(F)ccc3F)c3cnn(C(C)C)c3n2)c(C)o1. The summed E-state index contributed by atoms with van der Waals surface area (Å²) in [6, 6.07) is 5.84. The van der Waals surface area contributed by atoms with Gasteiger partial charge in [0.05, 0.1) is 28.4 Å². The average Bonchev–Trinajstić information content (AvgIpc) is 3.35. The highest BCUT2D eigenvalue weighted by Gasteiger charge is 2.22. The molecule has 3 heterocycles. The van der Waals surface area contributed by atoms with E-state index in [1.54, 1.807) is 24.6 Å². The highest BCUT2D eigenvalue weighted by molar-refractivity contribution is 6.05. The summed E-state index contributed by atoms with van der Waals surface area (Å²) in [5.74, 6) is -2.01. The average molecular weight is 453 g/mol. The van der Waals surface area contributed by atoms with Gasteiger partial charge in [0.2, 0.25) is 5.78 Å². The number of carbonyl (C=O) groups is 2. The van der Waals surface area contributed by atoms with Crippen LogP contribution in [0, 0.1) is 25.5 Å². The lowest BCUT2D eigenvalue weighted by molar-refractivity contribution is 0.0475. The van der Waals surface area contributed by atoms with Crippen molar-refractivity contribution in [1.29, 1.82) is 0 Å². The van der Waals surface area contributed by atoms with Crippen LogP contribution in [0.1, 0.15) is 52.1 Å². The first-order chi connectivity index (χ1) is 15.7. The second kappa shape index (κ2) is 8.57. The number of carbonyl (C=O) groups excluding carboxylic acids is 2. The molecule has 0 fully saturated rings. The Morgan fingerprint density at radius 2 is 1.88 bits per heavy atom. The number of Topliss-reactive ketones (excluding diaryl/α,β-unsaturated/α-hetero) is 1. The van der Waals surface area contributed by atoms with Gasteiger partial charge in [-0.25, -0.2) is 23.2 Å². The highest BCUT2D eigenvalue weighted by atomic mass is 19.1. The molecule has 0 saturated carbocycles. The number of aromatic nitrogens is 3. The van der Waals surface area contributed by atoms with Crippen molar-refractivity contribution < 1.29 is 27.5 Å². The minimum absolute atomic E-state index is 0.0289. The molecule has 170 valence electrons. The molecular formula is C24H21F2N3O4. The third-order valence-electron chi connectivity index (χ3n) is 5.16. The quantitative estimate of drug-likeness (QED) is 0.294. The molecule has 0 unspecified atom stereocenters. The first-order valence-electron chi connectivity index (χ1n) is 10.3. The molecule has 0 atom stereocenters. The molecule has 0 radical (unpaired) electrons. The van der Waals surface area contributed by atoms with Crippen molar-refractivity contribution in [2.75, 3.05) is 6.61 Å². The molecule has 0 aliphatic heterocycles. The zero-order valence-corrected chi connectivity index (χ0v) is 18.5. The molecular weight excluding hydrogens is 432 g/mol.